The molecule has 22 heavy (non-hydrogen) atoms. The first-order valence-corrected chi connectivity index (χ1v) is 8.02. The highest BCUT2D eigenvalue weighted by Crippen LogP contribution is 2.35. The second-order valence-corrected chi connectivity index (χ2v) is 5.72. The maximum atomic E-state index is 5.74. The van der Waals surface area contributed by atoms with Gasteiger partial charge in [0, 0.05) is 6.07 Å². The van der Waals surface area contributed by atoms with Crippen molar-refractivity contribution in [1.29, 1.82) is 0 Å². The van der Waals surface area contributed by atoms with Crippen molar-refractivity contribution in [2.45, 2.75) is 46.5 Å². The lowest BCUT2D eigenvalue weighted by Gasteiger charge is -2.05. The van der Waals surface area contributed by atoms with Crippen LogP contribution in [0.3, 0.4) is 0 Å². The van der Waals surface area contributed by atoms with Crippen LogP contribution in [0.2, 0.25) is 0 Å². The molecule has 0 spiro atoms. The molecule has 0 atom stereocenters. The Morgan fingerprint density at radius 1 is 1.09 bits per heavy atom. The topological polar surface area (TPSA) is 27.7 Å². The van der Waals surface area contributed by atoms with E-state index in [1.165, 1.54) is 24.0 Å². The molecule has 0 bridgehead atoms. The van der Waals surface area contributed by atoms with E-state index in [0.29, 0.717) is 13.4 Å². The van der Waals surface area contributed by atoms with Crippen LogP contribution in [0, 0.1) is 0 Å². The van der Waals surface area contributed by atoms with Gasteiger partial charge in [0.2, 0.25) is 6.79 Å². The Morgan fingerprint density at radius 3 is 2.68 bits per heavy atom. The number of fused-ring (bicyclic) bond motifs is 1. The van der Waals surface area contributed by atoms with Gasteiger partial charge in [-0.05, 0) is 51.3 Å². The van der Waals surface area contributed by atoms with Crippen molar-refractivity contribution in [3.63, 3.8) is 0 Å². The number of benzene rings is 1. The summed E-state index contributed by atoms with van der Waals surface area (Å²) in [5.41, 5.74) is 2.85. The number of hydrogen-bond donors (Lipinski definition) is 0. The molecule has 3 heteroatoms. The minimum Gasteiger partial charge on any atom is -0.489 e. The van der Waals surface area contributed by atoms with E-state index >= 15 is 0 Å². The normalized spacial score (nSPS) is 14.3. The second-order valence-electron chi connectivity index (χ2n) is 5.72. The molecule has 0 saturated heterocycles. The molecule has 1 aliphatic heterocycles. The van der Waals surface area contributed by atoms with Gasteiger partial charge in [-0.1, -0.05) is 30.6 Å². The van der Waals surface area contributed by atoms with Gasteiger partial charge in [-0.3, -0.25) is 0 Å². The molecule has 0 unspecified atom stereocenters. The van der Waals surface area contributed by atoms with Crippen molar-refractivity contribution >= 4 is 0 Å². The molecule has 1 heterocycles. The number of ether oxygens (including phenoxy) is 3. The summed E-state index contributed by atoms with van der Waals surface area (Å²) in [7, 11) is 0. The summed E-state index contributed by atoms with van der Waals surface area (Å²) in [6, 6.07) is 5.67. The lowest BCUT2D eigenvalue weighted by atomic mass is 10.1. The first kappa shape index (κ1) is 16.5. The molecular weight excluding hydrogens is 276 g/mol. The van der Waals surface area contributed by atoms with Gasteiger partial charge >= 0.3 is 0 Å². The van der Waals surface area contributed by atoms with Gasteiger partial charge in [-0.15, -0.1) is 0 Å². The third-order valence-corrected chi connectivity index (χ3v) is 3.70. The molecule has 0 saturated carbocycles. The Kier molecular flexibility index (Phi) is 6.38. The molecule has 0 amide bonds. The number of hydrogen-bond acceptors (Lipinski definition) is 3. The average molecular weight is 302 g/mol. The third kappa shape index (κ3) is 5.14. The minimum atomic E-state index is 0.294. The fourth-order valence-electron chi connectivity index (χ4n) is 2.39. The van der Waals surface area contributed by atoms with E-state index in [0.717, 1.165) is 30.1 Å². The van der Waals surface area contributed by atoms with Gasteiger partial charge in [0.1, 0.15) is 12.4 Å². The van der Waals surface area contributed by atoms with Crippen LogP contribution in [-0.4, -0.2) is 13.4 Å². The van der Waals surface area contributed by atoms with Crippen LogP contribution in [-0.2, 0) is 0 Å². The van der Waals surface area contributed by atoms with Crippen LogP contribution in [0.1, 0.15) is 46.5 Å². The van der Waals surface area contributed by atoms with E-state index in [9.17, 15) is 0 Å². The van der Waals surface area contributed by atoms with E-state index < -0.39 is 0 Å². The predicted molar refractivity (Wildman–Crippen MR) is 89.7 cm³/mol. The van der Waals surface area contributed by atoms with Gasteiger partial charge in [-0.2, -0.15) is 0 Å². The molecule has 1 aromatic carbocycles. The zero-order valence-corrected chi connectivity index (χ0v) is 13.9. The highest BCUT2D eigenvalue weighted by atomic mass is 16.7. The van der Waals surface area contributed by atoms with Crippen LogP contribution < -0.4 is 14.2 Å². The smallest absolute Gasteiger partial charge is 0.231 e. The van der Waals surface area contributed by atoms with Crippen LogP contribution in [0.25, 0.3) is 0 Å². The summed E-state index contributed by atoms with van der Waals surface area (Å²) in [4.78, 5) is 0. The van der Waals surface area contributed by atoms with Crippen LogP contribution in [0.15, 0.2) is 41.5 Å². The molecule has 2 rings (SSSR count). The van der Waals surface area contributed by atoms with Gasteiger partial charge < -0.3 is 14.2 Å². The Hall–Kier alpha value is -1.90. The number of rotatable bonds is 8. The lowest BCUT2D eigenvalue weighted by molar-refractivity contribution is 0.174. The van der Waals surface area contributed by atoms with Gasteiger partial charge in [0.25, 0.3) is 0 Å². The molecular formula is C19H26O3. The van der Waals surface area contributed by atoms with E-state index in [4.69, 9.17) is 14.2 Å². The van der Waals surface area contributed by atoms with E-state index in [1.807, 2.05) is 18.2 Å². The zero-order chi connectivity index (χ0) is 15.8. The number of allylic oxidation sites excluding steroid dienone is 3. The predicted octanol–water partition coefficient (Wildman–Crippen LogP) is 5.27. The molecule has 0 N–H and O–H groups in total. The molecule has 0 fully saturated rings. The summed E-state index contributed by atoms with van der Waals surface area (Å²) in [6.07, 6.45) is 9.12. The maximum Gasteiger partial charge on any atom is 0.231 e. The van der Waals surface area contributed by atoms with E-state index in [1.54, 1.807) is 0 Å². The largest absolute Gasteiger partial charge is 0.489 e. The first-order valence-electron chi connectivity index (χ1n) is 8.02. The van der Waals surface area contributed by atoms with Crippen LogP contribution in [0.5, 0.6) is 17.2 Å². The van der Waals surface area contributed by atoms with Crippen molar-refractivity contribution in [1.82, 2.24) is 0 Å². The van der Waals surface area contributed by atoms with E-state index in [-0.39, 0.29) is 0 Å². The van der Waals surface area contributed by atoms with Crippen molar-refractivity contribution in [2.75, 3.05) is 13.4 Å². The Morgan fingerprint density at radius 2 is 1.86 bits per heavy atom. The molecule has 0 aliphatic carbocycles. The fourth-order valence-corrected chi connectivity index (χ4v) is 2.39. The van der Waals surface area contributed by atoms with Crippen molar-refractivity contribution in [3.05, 3.63) is 41.5 Å². The van der Waals surface area contributed by atoms with Crippen molar-refractivity contribution < 1.29 is 14.2 Å². The lowest BCUT2D eigenvalue weighted by Crippen LogP contribution is -1.95. The summed E-state index contributed by atoms with van der Waals surface area (Å²) >= 11 is 0. The highest BCUT2D eigenvalue weighted by Gasteiger charge is 2.13. The SMILES string of the molecule is CCC/C(C)=C/CC/C(C)=C/COc1ccc2c(c1)OCO2. The van der Waals surface area contributed by atoms with Crippen LogP contribution in [0.4, 0.5) is 0 Å². The molecule has 0 aromatic heterocycles. The van der Waals surface area contributed by atoms with Crippen molar-refractivity contribution in [3.8, 4) is 17.2 Å². The average Bonchev–Trinajstić information content (AvgIpc) is 2.95. The van der Waals surface area contributed by atoms with Crippen molar-refractivity contribution in [2.24, 2.45) is 0 Å². The minimum absolute atomic E-state index is 0.294. The van der Waals surface area contributed by atoms with Gasteiger partial charge in [0.15, 0.2) is 11.5 Å². The van der Waals surface area contributed by atoms with Gasteiger partial charge in [0.05, 0.1) is 0 Å². The molecule has 1 aliphatic rings. The maximum absolute atomic E-state index is 5.74. The van der Waals surface area contributed by atoms with Crippen LogP contribution >= 0.6 is 0 Å². The molecule has 120 valence electrons. The molecule has 1 aromatic rings. The summed E-state index contributed by atoms with van der Waals surface area (Å²) in [5.74, 6) is 2.36. The standard InChI is InChI=1S/C19H26O3/c1-4-6-15(2)7-5-8-16(3)11-12-20-17-9-10-18-19(13-17)22-14-21-18/h7,9-11,13H,4-6,8,12,14H2,1-3H3/b15-7+,16-11+. The monoisotopic (exact) mass is 302 g/mol. The summed E-state index contributed by atoms with van der Waals surface area (Å²) in [6.45, 7) is 7.47. The Bertz CT molecular complexity index is 544. The summed E-state index contributed by atoms with van der Waals surface area (Å²) < 4.78 is 16.4. The Balaban J connectivity index is 1.73. The highest BCUT2D eigenvalue weighted by molar-refractivity contribution is 5.46. The second kappa shape index (κ2) is 8.52. The molecule has 3 nitrogen and oxygen atoms in total. The van der Waals surface area contributed by atoms with E-state index in [2.05, 4.69) is 32.9 Å². The third-order valence-electron chi connectivity index (χ3n) is 3.70. The summed E-state index contributed by atoms with van der Waals surface area (Å²) in [5, 5.41) is 0. The quantitative estimate of drug-likeness (QED) is 0.612. The first-order chi connectivity index (χ1) is 10.7. The zero-order valence-electron chi connectivity index (χ0n) is 13.9. The van der Waals surface area contributed by atoms with Gasteiger partial charge in [-0.25, -0.2) is 0 Å². The molecule has 0 radical (unpaired) electrons. The fraction of sp³-hybridized carbons (Fsp3) is 0.474. The Labute approximate surface area is 133 Å².